The Hall–Kier alpha value is -2.59. The topological polar surface area (TPSA) is 90.2 Å². The summed E-state index contributed by atoms with van der Waals surface area (Å²) in [5, 5.41) is 18.1. The molecule has 0 aliphatic carbocycles. The average Bonchev–Trinajstić information content (AvgIpc) is 2.40. The summed E-state index contributed by atoms with van der Waals surface area (Å²) >= 11 is 0. The number of nitrogens with one attached hydrogen (secondary N) is 1. The van der Waals surface area contributed by atoms with Crippen LogP contribution in [0.5, 0.6) is 5.75 Å². The van der Waals surface area contributed by atoms with Crippen LogP contribution in [0.25, 0.3) is 0 Å². The zero-order valence-corrected chi connectivity index (χ0v) is 10.9. The Bertz CT molecular complexity index is 798. The lowest BCUT2D eigenvalue weighted by Gasteiger charge is -2.09. The van der Waals surface area contributed by atoms with Crippen LogP contribution in [0.1, 0.15) is 5.56 Å². The Balaban J connectivity index is 2.42. The number of phenols is 1. The molecule has 0 fully saturated rings. The summed E-state index contributed by atoms with van der Waals surface area (Å²) in [5.41, 5.74) is -0.161. The highest BCUT2D eigenvalue weighted by Crippen LogP contribution is 2.22. The van der Waals surface area contributed by atoms with E-state index in [4.69, 9.17) is 5.26 Å². The van der Waals surface area contributed by atoms with Gasteiger partial charge < -0.3 is 5.11 Å². The van der Waals surface area contributed by atoms with E-state index in [0.29, 0.717) is 0 Å². The van der Waals surface area contributed by atoms with Crippen molar-refractivity contribution in [2.75, 3.05) is 4.72 Å². The molecule has 2 N–H and O–H groups in total. The van der Waals surface area contributed by atoms with Crippen LogP contribution in [0.4, 0.5) is 10.1 Å². The molecule has 0 aromatic heterocycles. The van der Waals surface area contributed by atoms with E-state index in [2.05, 4.69) is 4.72 Å². The zero-order chi connectivity index (χ0) is 14.8. The molecule has 0 aliphatic rings. The molecule has 0 spiro atoms. The minimum Gasteiger partial charge on any atom is -0.508 e. The second kappa shape index (κ2) is 5.19. The van der Waals surface area contributed by atoms with Crippen LogP contribution in [0, 0.1) is 17.1 Å². The first kappa shape index (κ1) is 13.8. The molecule has 0 heterocycles. The van der Waals surface area contributed by atoms with Crippen LogP contribution in [0.15, 0.2) is 47.4 Å². The van der Waals surface area contributed by atoms with Gasteiger partial charge in [-0.25, -0.2) is 12.8 Å². The normalized spacial score (nSPS) is 10.8. The van der Waals surface area contributed by atoms with Crippen LogP contribution in [-0.2, 0) is 10.0 Å². The molecule has 20 heavy (non-hydrogen) atoms. The molecule has 0 bridgehead atoms. The molecule has 2 aromatic rings. The monoisotopic (exact) mass is 292 g/mol. The van der Waals surface area contributed by atoms with E-state index in [0.717, 1.165) is 24.3 Å². The van der Waals surface area contributed by atoms with Gasteiger partial charge in [-0.05, 0) is 30.3 Å². The Morgan fingerprint density at radius 2 is 1.95 bits per heavy atom. The van der Waals surface area contributed by atoms with Gasteiger partial charge in [0.2, 0.25) is 0 Å². The molecule has 0 saturated heterocycles. The van der Waals surface area contributed by atoms with Gasteiger partial charge in [0.25, 0.3) is 10.0 Å². The third kappa shape index (κ3) is 2.87. The predicted octanol–water partition coefficient (Wildman–Crippen LogP) is 2.20. The van der Waals surface area contributed by atoms with E-state index in [1.807, 2.05) is 0 Å². The predicted molar refractivity (Wildman–Crippen MR) is 70.0 cm³/mol. The van der Waals surface area contributed by atoms with E-state index in [1.54, 1.807) is 6.07 Å². The summed E-state index contributed by atoms with van der Waals surface area (Å²) in [6.07, 6.45) is 0. The molecule has 2 rings (SSSR count). The summed E-state index contributed by atoms with van der Waals surface area (Å²) in [5.74, 6) is -0.839. The summed E-state index contributed by atoms with van der Waals surface area (Å²) in [7, 11) is -3.96. The third-order valence-electron chi connectivity index (χ3n) is 2.47. The second-order valence-electron chi connectivity index (χ2n) is 3.90. The number of phenolic OH excluding ortho intramolecular Hbond substituents is 1. The van der Waals surface area contributed by atoms with E-state index in [-0.39, 0.29) is 21.9 Å². The maximum Gasteiger partial charge on any atom is 0.262 e. The number of sulfonamides is 1. The average molecular weight is 292 g/mol. The van der Waals surface area contributed by atoms with Crippen LogP contribution in [0.3, 0.4) is 0 Å². The molecule has 7 heteroatoms. The SMILES string of the molecule is N#Cc1cc(F)ccc1NS(=O)(=O)c1cccc(O)c1. The summed E-state index contributed by atoms with van der Waals surface area (Å²) < 4.78 is 39.3. The van der Waals surface area contributed by atoms with Crippen molar-refractivity contribution in [1.82, 2.24) is 0 Å². The number of nitriles is 1. The lowest BCUT2D eigenvalue weighted by Crippen LogP contribution is -2.13. The van der Waals surface area contributed by atoms with Gasteiger partial charge in [0.1, 0.15) is 17.6 Å². The lowest BCUT2D eigenvalue weighted by molar-refractivity contribution is 0.473. The van der Waals surface area contributed by atoms with Crippen LogP contribution in [0.2, 0.25) is 0 Å². The Kier molecular flexibility index (Phi) is 3.59. The van der Waals surface area contributed by atoms with Crippen LogP contribution < -0.4 is 4.72 Å². The molecule has 0 unspecified atom stereocenters. The molecule has 0 atom stereocenters. The lowest BCUT2D eigenvalue weighted by atomic mass is 10.2. The number of anilines is 1. The number of halogens is 1. The summed E-state index contributed by atoms with van der Waals surface area (Å²) in [6.45, 7) is 0. The maximum absolute atomic E-state index is 13.0. The van der Waals surface area contributed by atoms with Gasteiger partial charge in [-0.1, -0.05) is 6.07 Å². The van der Waals surface area contributed by atoms with Crippen molar-refractivity contribution in [1.29, 1.82) is 5.26 Å². The molecular weight excluding hydrogens is 283 g/mol. The smallest absolute Gasteiger partial charge is 0.262 e. The van der Waals surface area contributed by atoms with Gasteiger partial charge in [0.05, 0.1) is 16.1 Å². The van der Waals surface area contributed by atoms with Gasteiger partial charge in [0, 0.05) is 6.07 Å². The van der Waals surface area contributed by atoms with Crippen molar-refractivity contribution in [3.8, 4) is 11.8 Å². The number of hydrogen-bond donors (Lipinski definition) is 2. The minimum absolute atomic E-state index is 0.0303. The summed E-state index contributed by atoms with van der Waals surface area (Å²) in [4.78, 5) is -0.161. The Morgan fingerprint density at radius 3 is 2.60 bits per heavy atom. The van der Waals surface area contributed by atoms with Gasteiger partial charge in [-0.2, -0.15) is 5.26 Å². The largest absolute Gasteiger partial charge is 0.508 e. The van der Waals surface area contributed by atoms with Crippen molar-refractivity contribution in [3.05, 3.63) is 53.8 Å². The molecule has 102 valence electrons. The van der Waals surface area contributed by atoms with Crippen molar-refractivity contribution < 1.29 is 17.9 Å². The van der Waals surface area contributed by atoms with Gasteiger partial charge in [-0.3, -0.25) is 4.72 Å². The highest BCUT2D eigenvalue weighted by Gasteiger charge is 2.16. The highest BCUT2D eigenvalue weighted by atomic mass is 32.2. The number of hydrogen-bond acceptors (Lipinski definition) is 4. The van der Waals surface area contributed by atoms with Crippen molar-refractivity contribution in [3.63, 3.8) is 0 Å². The fraction of sp³-hybridized carbons (Fsp3) is 0. The third-order valence-corrected chi connectivity index (χ3v) is 3.84. The molecule has 0 amide bonds. The molecule has 2 aromatic carbocycles. The van der Waals surface area contributed by atoms with Gasteiger partial charge in [0.15, 0.2) is 0 Å². The number of benzene rings is 2. The van der Waals surface area contributed by atoms with E-state index in [9.17, 15) is 17.9 Å². The van der Waals surface area contributed by atoms with Crippen LogP contribution in [-0.4, -0.2) is 13.5 Å². The van der Waals surface area contributed by atoms with Gasteiger partial charge >= 0.3 is 0 Å². The molecule has 0 aliphatic heterocycles. The van der Waals surface area contributed by atoms with Crippen molar-refractivity contribution in [2.24, 2.45) is 0 Å². The number of nitrogens with zero attached hydrogens (tertiary/aromatic N) is 1. The highest BCUT2D eigenvalue weighted by molar-refractivity contribution is 7.92. The maximum atomic E-state index is 13.0. The first-order chi connectivity index (χ1) is 9.42. The molecule has 0 saturated carbocycles. The van der Waals surface area contributed by atoms with Gasteiger partial charge in [-0.15, -0.1) is 0 Å². The van der Waals surface area contributed by atoms with E-state index < -0.39 is 15.8 Å². The summed E-state index contributed by atoms with van der Waals surface area (Å²) in [6, 6.07) is 9.90. The van der Waals surface area contributed by atoms with Crippen LogP contribution >= 0.6 is 0 Å². The zero-order valence-electron chi connectivity index (χ0n) is 10.0. The Labute approximate surface area is 115 Å². The minimum atomic E-state index is -3.96. The van der Waals surface area contributed by atoms with Crippen molar-refractivity contribution in [2.45, 2.75) is 4.90 Å². The fourth-order valence-electron chi connectivity index (χ4n) is 1.55. The number of aromatic hydroxyl groups is 1. The number of rotatable bonds is 3. The standard InChI is InChI=1S/C13H9FN2O3S/c14-10-4-5-13(9(6-10)8-15)16-20(18,19)12-3-1-2-11(17)7-12/h1-7,16-17H. The quantitative estimate of drug-likeness (QED) is 0.907. The first-order valence-corrected chi connectivity index (χ1v) is 6.92. The first-order valence-electron chi connectivity index (χ1n) is 5.44. The van der Waals surface area contributed by atoms with E-state index >= 15 is 0 Å². The molecule has 0 radical (unpaired) electrons. The van der Waals surface area contributed by atoms with Crippen molar-refractivity contribution >= 4 is 15.7 Å². The molecular formula is C13H9FN2O3S. The second-order valence-corrected chi connectivity index (χ2v) is 5.59. The fourth-order valence-corrected chi connectivity index (χ4v) is 2.67. The Morgan fingerprint density at radius 1 is 1.20 bits per heavy atom. The van der Waals surface area contributed by atoms with E-state index in [1.165, 1.54) is 18.2 Å². The molecule has 5 nitrogen and oxygen atoms in total.